The lowest BCUT2D eigenvalue weighted by atomic mass is 10.2. The van der Waals surface area contributed by atoms with Gasteiger partial charge in [-0.15, -0.1) is 11.8 Å². The fraction of sp³-hybridized carbons (Fsp3) is 0.231. The van der Waals surface area contributed by atoms with Crippen LogP contribution in [0.5, 0.6) is 0 Å². The predicted octanol–water partition coefficient (Wildman–Crippen LogP) is 2.15. The summed E-state index contributed by atoms with van der Waals surface area (Å²) >= 11 is 1.65. The topological polar surface area (TPSA) is 72.0 Å². The van der Waals surface area contributed by atoms with Gasteiger partial charge in [-0.1, -0.05) is 12.1 Å². The van der Waals surface area contributed by atoms with Gasteiger partial charge in [0.1, 0.15) is 11.6 Å². The molecule has 18 heavy (non-hydrogen) atoms. The molecule has 0 saturated carbocycles. The minimum absolute atomic E-state index is 0.0719. The van der Waals surface area contributed by atoms with E-state index in [0.29, 0.717) is 11.6 Å². The van der Waals surface area contributed by atoms with Crippen molar-refractivity contribution in [1.29, 1.82) is 0 Å². The second-order valence-electron chi connectivity index (χ2n) is 3.94. The van der Waals surface area contributed by atoms with Gasteiger partial charge in [0.15, 0.2) is 0 Å². The molecule has 0 radical (unpaired) electrons. The molecule has 0 fully saturated rings. The van der Waals surface area contributed by atoms with E-state index in [0.717, 1.165) is 22.0 Å². The van der Waals surface area contributed by atoms with Crippen LogP contribution in [0.4, 0.5) is 5.82 Å². The highest BCUT2D eigenvalue weighted by atomic mass is 32.2. The summed E-state index contributed by atoms with van der Waals surface area (Å²) in [6.07, 6.45) is 0. The molecular weight excluding hydrogens is 246 g/mol. The highest BCUT2D eigenvalue weighted by Gasteiger charge is 2.02. The highest BCUT2D eigenvalue weighted by Crippen LogP contribution is 2.22. The van der Waals surface area contributed by atoms with Crippen LogP contribution in [0.2, 0.25) is 0 Å². The molecule has 4 nitrogen and oxygen atoms in total. The number of rotatable bonds is 4. The third-order valence-electron chi connectivity index (χ3n) is 2.39. The first-order chi connectivity index (χ1) is 8.67. The van der Waals surface area contributed by atoms with Crippen LogP contribution in [0.1, 0.15) is 17.1 Å². The van der Waals surface area contributed by atoms with Gasteiger partial charge in [-0.05, 0) is 24.6 Å². The zero-order valence-corrected chi connectivity index (χ0v) is 10.9. The summed E-state index contributed by atoms with van der Waals surface area (Å²) < 4.78 is 0. The minimum Gasteiger partial charge on any atom is -0.392 e. The highest BCUT2D eigenvalue weighted by molar-refractivity contribution is 7.98. The number of aromatic nitrogens is 2. The number of nitrogen functional groups attached to an aromatic ring is 1. The molecule has 0 atom stereocenters. The maximum atomic E-state index is 8.96. The average molecular weight is 261 g/mol. The lowest BCUT2D eigenvalue weighted by molar-refractivity contribution is 0.282. The normalized spacial score (nSPS) is 10.6. The van der Waals surface area contributed by atoms with E-state index in [1.807, 2.05) is 31.2 Å². The number of nitrogens with two attached hydrogens (primary N) is 1. The zero-order chi connectivity index (χ0) is 13.0. The summed E-state index contributed by atoms with van der Waals surface area (Å²) in [6, 6.07) is 9.54. The van der Waals surface area contributed by atoms with Gasteiger partial charge in [0.25, 0.3) is 0 Å². The third-order valence-corrected chi connectivity index (χ3v) is 3.40. The number of nitrogens with zero attached hydrogens (tertiary/aromatic N) is 2. The van der Waals surface area contributed by atoms with Crippen molar-refractivity contribution in [3.63, 3.8) is 0 Å². The molecule has 2 rings (SSSR count). The monoisotopic (exact) mass is 261 g/mol. The lowest BCUT2D eigenvalue weighted by Crippen LogP contribution is -1.99. The number of hydrogen-bond acceptors (Lipinski definition) is 5. The van der Waals surface area contributed by atoms with Crippen LogP contribution in [-0.2, 0) is 12.4 Å². The third kappa shape index (κ3) is 3.45. The lowest BCUT2D eigenvalue weighted by Gasteiger charge is -2.04. The Morgan fingerprint density at radius 1 is 1.22 bits per heavy atom. The second-order valence-corrected chi connectivity index (χ2v) is 4.99. The first-order valence-electron chi connectivity index (χ1n) is 5.60. The SMILES string of the molecule is Cc1cc(N)nc(CSc2ccc(CO)cc2)n1. The fourth-order valence-electron chi connectivity index (χ4n) is 1.56. The molecule has 94 valence electrons. The van der Waals surface area contributed by atoms with E-state index in [4.69, 9.17) is 10.8 Å². The van der Waals surface area contributed by atoms with Crippen LogP contribution in [0, 0.1) is 6.92 Å². The smallest absolute Gasteiger partial charge is 0.141 e. The Labute approximate surface area is 110 Å². The molecule has 0 aliphatic carbocycles. The van der Waals surface area contributed by atoms with Gasteiger partial charge in [0.2, 0.25) is 0 Å². The van der Waals surface area contributed by atoms with E-state index < -0.39 is 0 Å². The van der Waals surface area contributed by atoms with Gasteiger partial charge >= 0.3 is 0 Å². The molecule has 0 amide bonds. The Morgan fingerprint density at radius 2 is 1.94 bits per heavy atom. The van der Waals surface area contributed by atoms with E-state index in [2.05, 4.69) is 9.97 Å². The average Bonchev–Trinajstić information content (AvgIpc) is 2.36. The molecule has 0 unspecified atom stereocenters. The van der Waals surface area contributed by atoms with Crippen LogP contribution in [0.15, 0.2) is 35.2 Å². The number of anilines is 1. The van der Waals surface area contributed by atoms with Crippen molar-refractivity contribution < 1.29 is 5.11 Å². The standard InChI is InChI=1S/C13H15N3OS/c1-9-6-12(14)16-13(15-9)8-18-11-4-2-10(7-17)3-5-11/h2-6,17H,7-8H2,1H3,(H2,14,15,16). The van der Waals surface area contributed by atoms with Crippen LogP contribution in [0.25, 0.3) is 0 Å². The molecule has 0 bridgehead atoms. The van der Waals surface area contributed by atoms with Gasteiger partial charge in [0.05, 0.1) is 12.4 Å². The molecule has 5 heteroatoms. The quantitative estimate of drug-likeness (QED) is 0.825. The Bertz CT molecular complexity index is 508. The Kier molecular flexibility index (Phi) is 4.17. The Balaban J connectivity index is 2.01. The minimum atomic E-state index is 0.0719. The van der Waals surface area contributed by atoms with Gasteiger partial charge in [-0.25, -0.2) is 9.97 Å². The van der Waals surface area contributed by atoms with Gasteiger partial charge in [-0.2, -0.15) is 0 Å². The van der Waals surface area contributed by atoms with E-state index in [1.165, 1.54) is 0 Å². The second kappa shape index (κ2) is 5.84. The van der Waals surface area contributed by atoms with Crippen LogP contribution >= 0.6 is 11.8 Å². The molecule has 2 aromatic rings. The summed E-state index contributed by atoms with van der Waals surface area (Å²) in [6.45, 7) is 1.98. The summed E-state index contributed by atoms with van der Waals surface area (Å²) in [4.78, 5) is 9.64. The number of benzene rings is 1. The molecule has 1 aromatic carbocycles. The fourth-order valence-corrected chi connectivity index (χ4v) is 2.31. The maximum absolute atomic E-state index is 8.96. The Hall–Kier alpha value is -1.59. The molecule has 0 saturated heterocycles. The van der Waals surface area contributed by atoms with Crippen molar-refractivity contribution in [2.75, 3.05) is 5.73 Å². The number of aliphatic hydroxyl groups excluding tert-OH is 1. The van der Waals surface area contributed by atoms with E-state index in [-0.39, 0.29) is 6.61 Å². The molecular formula is C13H15N3OS. The van der Waals surface area contributed by atoms with Crippen molar-refractivity contribution in [2.24, 2.45) is 0 Å². The first-order valence-corrected chi connectivity index (χ1v) is 6.58. The Morgan fingerprint density at radius 3 is 2.56 bits per heavy atom. The summed E-state index contributed by atoms with van der Waals surface area (Å²) in [5.74, 6) is 1.93. The summed E-state index contributed by atoms with van der Waals surface area (Å²) in [5.41, 5.74) is 7.47. The van der Waals surface area contributed by atoms with Crippen molar-refractivity contribution in [3.8, 4) is 0 Å². The van der Waals surface area contributed by atoms with Crippen LogP contribution in [-0.4, -0.2) is 15.1 Å². The number of aliphatic hydroxyl groups is 1. The van der Waals surface area contributed by atoms with Crippen LogP contribution in [0.3, 0.4) is 0 Å². The number of thioether (sulfide) groups is 1. The first kappa shape index (κ1) is 12.9. The molecule has 3 N–H and O–H groups in total. The number of hydrogen-bond donors (Lipinski definition) is 2. The molecule has 1 heterocycles. The predicted molar refractivity (Wildman–Crippen MR) is 73.1 cm³/mol. The number of aryl methyl sites for hydroxylation is 1. The van der Waals surface area contributed by atoms with Gasteiger partial charge < -0.3 is 10.8 Å². The molecule has 1 aromatic heterocycles. The molecule has 0 spiro atoms. The van der Waals surface area contributed by atoms with Crippen molar-refractivity contribution in [1.82, 2.24) is 9.97 Å². The van der Waals surface area contributed by atoms with E-state index >= 15 is 0 Å². The van der Waals surface area contributed by atoms with Gasteiger partial charge in [0, 0.05) is 16.7 Å². The molecule has 0 aliphatic rings. The summed E-state index contributed by atoms with van der Waals surface area (Å²) in [7, 11) is 0. The van der Waals surface area contributed by atoms with Crippen LogP contribution < -0.4 is 5.73 Å². The maximum Gasteiger partial charge on any atom is 0.141 e. The van der Waals surface area contributed by atoms with Crippen molar-refractivity contribution >= 4 is 17.6 Å². The van der Waals surface area contributed by atoms with E-state index in [1.54, 1.807) is 17.8 Å². The van der Waals surface area contributed by atoms with Gasteiger partial charge in [-0.3, -0.25) is 0 Å². The molecule has 0 aliphatic heterocycles. The van der Waals surface area contributed by atoms with Crippen molar-refractivity contribution in [3.05, 3.63) is 47.4 Å². The van der Waals surface area contributed by atoms with Crippen molar-refractivity contribution in [2.45, 2.75) is 24.2 Å². The zero-order valence-electron chi connectivity index (χ0n) is 10.1. The summed E-state index contributed by atoms with van der Waals surface area (Å²) in [5, 5.41) is 8.96. The largest absolute Gasteiger partial charge is 0.392 e. The van der Waals surface area contributed by atoms with E-state index in [9.17, 15) is 0 Å².